The van der Waals surface area contributed by atoms with Crippen LogP contribution < -0.4 is 10.6 Å². The molecule has 2 N–H and O–H groups in total. The smallest absolute Gasteiger partial charge is 0.191 e. The fourth-order valence-electron chi connectivity index (χ4n) is 3.08. The van der Waals surface area contributed by atoms with Gasteiger partial charge < -0.3 is 15.4 Å². The van der Waals surface area contributed by atoms with E-state index in [4.69, 9.17) is 9.72 Å². The fraction of sp³-hybridized carbons (Fsp3) is 0.500. The maximum Gasteiger partial charge on any atom is 0.191 e. The Balaban J connectivity index is 1.50. The lowest BCUT2D eigenvalue weighted by Crippen LogP contribution is -2.56. The average Bonchev–Trinajstić information content (AvgIpc) is 3.18. The summed E-state index contributed by atoms with van der Waals surface area (Å²) in [5, 5.41) is 9.96. The van der Waals surface area contributed by atoms with Gasteiger partial charge in [-0.1, -0.05) is 30.3 Å². The second-order valence-corrected chi connectivity index (χ2v) is 8.06. The molecule has 0 radical (unpaired) electrons. The number of thiazole rings is 1. The second-order valence-electron chi connectivity index (χ2n) is 7.20. The molecule has 146 valence electrons. The van der Waals surface area contributed by atoms with Gasteiger partial charge in [-0.2, -0.15) is 0 Å². The highest BCUT2D eigenvalue weighted by molar-refractivity contribution is 7.13. The zero-order valence-corrected chi connectivity index (χ0v) is 17.2. The third kappa shape index (κ3) is 5.51. The number of benzene rings is 1. The molecule has 7 heteroatoms. The molecule has 6 nitrogen and oxygen atoms in total. The molecule has 0 saturated carbocycles. The van der Waals surface area contributed by atoms with Gasteiger partial charge in [-0.3, -0.25) is 9.89 Å². The Morgan fingerprint density at radius 3 is 2.67 bits per heavy atom. The van der Waals surface area contributed by atoms with E-state index in [-0.39, 0.29) is 5.54 Å². The summed E-state index contributed by atoms with van der Waals surface area (Å²) < 4.78 is 5.46. The van der Waals surface area contributed by atoms with Gasteiger partial charge >= 0.3 is 0 Å². The molecular weight excluding hydrogens is 358 g/mol. The van der Waals surface area contributed by atoms with Crippen LogP contribution in [0, 0.1) is 0 Å². The maximum absolute atomic E-state index is 5.46. The van der Waals surface area contributed by atoms with E-state index in [0.29, 0.717) is 6.54 Å². The minimum absolute atomic E-state index is 0.0442. The molecule has 3 rings (SSSR count). The standard InChI is InChI=1S/C20H29N5OS/c1-20(2,25-9-11-26-12-10-25)15-23-19(21-3)22-13-17-14-27-18(24-17)16-7-5-4-6-8-16/h4-8,14H,9-13,15H2,1-3H3,(H2,21,22,23). The Labute approximate surface area is 165 Å². The monoisotopic (exact) mass is 387 g/mol. The van der Waals surface area contributed by atoms with Gasteiger partial charge in [0.1, 0.15) is 5.01 Å². The van der Waals surface area contributed by atoms with E-state index in [1.807, 2.05) is 18.2 Å². The van der Waals surface area contributed by atoms with E-state index in [0.717, 1.165) is 55.1 Å². The van der Waals surface area contributed by atoms with Crippen molar-refractivity contribution in [1.82, 2.24) is 20.5 Å². The number of hydrogen-bond acceptors (Lipinski definition) is 5. The van der Waals surface area contributed by atoms with E-state index in [9.17, 15) is 0 Å². The summed E-state index contributed by atoms with van der Waals surface area (Å²) in [7, 11) is 1.80. The number of hydrogen-bond donors (Lipinski definition) is 2. The first-order valence-corrected chi connectivity index (χ1v) is 10.2. The first-order valence-electron chi connectivity index (χ1n) is 9.35. The lowest BCUT2D eigenvalue weighted by molar-refractivity contribution is -0.00834. The third-order valence-corrected chi connectivity index (χ3v) is 5.73. The molecule has 0 bridgehead atoms. The third-order valence-electron chi connectivity index (χ3n) is 4.79. The number of guanidine groups is 1. The van der Waals surface area contributed by atoms with Gasteiger partial charge in [-0.25, -0.2) is 4.98 Å². The van der Waals surface area contributed by atoms with Crippen molar-refractivity contribution in [2.45, 2.75) is 25.9 Å². The molecule has 0 atom stereocenters. The SMILES string of the molecule is CN=C(NCc1csc(-c2ccccc2)n1)NCC(C)(C)N1CCOCC1. The van der Waals surface area contributed by atoms with Gasteiger partial charge in [0, 0.05) is 43.2 Å². The molecule has 1 aliphatic heterocycles. The summed E-state index contributed by atoms with van der Waals surface area (Å²) in [6.45, 7) is 9.55. The van der Waals surface area contributed by atoms with Crippen molar-refractivity contribution in [3.8, 4) is 10.6 Å². The van der Waals surface area contributed by atoms with Crippen LogP contribution >= 0.6 is 11.3 Å². The number of aliphatic imine (C=N–C) groups is 1. The van der Waals surface area contributed by atoms with Crippen LogP contribution in [-0.2, 0) is 11.3 Å². The van der Waals surface area contributed by atoms with Crippen LogP contribution in [0.5, 0.6) is 0 Å². The number of nitrogens with zero attached hydrogens (tertiary/aromatic N) is 3. The van der Waals surface area contributed by atoms with E-state index in [2.05, 4.69) is 51.9 Å². The molecule has 0 unspecified atom stereocenters. The summed E-state index contributed by atoms with van der Waals surface area (Å²) in [5.74, 6) is 0.797. The normalized spacial score (nSPS) is 16.3. The van der Waals surface area contributed by atoms with Crippen LogP contribution in [0.25, 0.3) is 10.6 Å². The number of nitrogens with one attached hydrogen (secondary N) is 2. The second kappa shape index (κ2) is 9.30. The van der Waals surface area contributed by atoms with Crippen LogP contribution in [-0.4, -0.2) is 61.3 Å². The van der Waals surface area contributed by atoms with Crippen LogP contribution in [0.1, 0.15) is 19.5 Å². The first-order chi connectivity index (χ1) is 13.1. The van der Waals surface area contributed by atoms with Gasteiger partial charge in [0.15, 0.2) is 5.96 Å². The van der Waals surface area contributed by atoms with Crippen molar-refractivity contribution < 1.29 is 4.74 Å². The summed E-state index contributed by atoms with van der Waals surface area (Å²) in [5.41, 5.74) is 2.22. The number of morpholine rings is 1. The molecule has 1 aromatic carbocycles. The van der Waals surface area contributed by atoms with Crippen LogP contribution in [0.4, 0.5) is 0 Å². The quantitative estimate of drug-likeness (QED) is 0.589. The van der Waals surface area contributed by atoms with Gasteiger partial charge in [0.2, 0.25) is 0 Å². The Kier molecular flexibility index (Phi) is 6.82. The van der Waals surface area contributed by atoms with Gasteiger partial charge in [0.05, 0.1) is 25.5 Å². The lowest BCUT2D eigenvalue weighted by Gasteiger charge is -2.41. The highest BCUT2D eigenvalue weighted by Crippen LogP contribution is 2.23. The highest BCUT2D eigenvalue weighted by atomic mass is 32.1. The predicted molar refractivity (Wildman–Crippen MR) is 112 cm³/mol. The largest absolute Gasteiger partial charge is 0.379 e. The molecule has 27 heavy (non-hydrogen) atoms. The first kappa shape index (κ1) is 19.8. The lowest BCUT2D eigenvalue weighted by atomic mass is 10.0. The Bertz CT molecular complexity index is 738. The minimum Gasteiger partial charge on any atom is -0.379 e. The van der Waals surface area contributed by atoms with E-state index >= 15 is 0 Å². The van der Waals surface area contributed by atoms with Crippen molar-refractivity contribution in [3.63, 3.8) is 0 Å². The summed E-state index contributed by atoms with van der Waals surface area (Å²) in [6.07, 6.45) is 0. The molecule has 1 aliphatic rings. The van der Waals surface area contributed by atoms with Gasteiger partial charge in [-0.05, 0) is 13.8 Å². The van der Waals surface area contributed by atoms with Crippen molar-refractivity contribution in [3.05, 3.63) is 41.4 Å². The van der Waals surface area contributed by atoms with E-state index < -0.39 is 0 Å². The molecule has 0 spiro atoms. The number of rotatable bonds is 6. The zero-order chi connectivity index (χ0) is 19.1. The zero-order valence-electron chi connectivity index (χ0n) is 16.4. The Morgan fingerprint density at radius 1 is 1.22 bits per heavy atom. The van der Waals surface area contributed by atoms with Crippen molar-refractivity contribution >= 4 is 17.3 Å². The van der Waals surface area contributed by atoms with E-state index in [1.165, 1.54) is 0 Å². The molecule has 1 saturated heterocycles. The summed E-state index contributed by atoms with van der Waals surface area (Å²) in [6, 6.07) is 10.3. The Hall–Kier alpha value is -1.96. The number of ether oxygens (including phenoxy) is 1. The van der Waals surface area contributed by atoms with Crippen LogP contribution in [0.3, 0.4) is 0 Å². The summed E-state index contributed by atoms with van der Waals surface area (Å²) >= 11 is 1.67. The maximum atomic E-state index is 5.46. The molecule has 2 heterocycles. The number of aromatic nitrogens is 1. The molecule has 0 amide bonds. The minimum atomic E-state index is 0.0442. The molecular formula is C20H29N5OS. The molecule has 1 fully saturated rings. The summed E-state index contributed by atoms with van der Waals surface area (Å²) in [4.78, 5) is 11.5. The predicted octanol–water partition coefficient (Wildman–Crippen LogP) is 2.59. The van der Waals surface area contributed by atoms with Crippen molar-refractivity contribution in [2.24, 2.45) is 4.99 Å². The molecule has 2 aromatic rings. The molecule has 1 aromatic heterocycles. The Morgan fingerprint density at radius 2 is 1.96 bits per heavy atom. The van der Waals surface area contributed by atoms with E-state index in [1.54, 1.807) is 18.4 Å². The van der Waals surface area contributed by atoms with Crippen molar-refractivity contribution in [2.75, 3.05) is 39.9 Å². The van der Waals surface area contributed by atoms with Crippen LogP contribution in [0.15, 0.2) is 40.7 Å². The topological polar surface area (TPSA) is 61.8 Å². The van der Waals surface area contributed by atoms with Crippen LogP contribution in [0.2, 0.25) is 0 Å². The van der Waals surface area contributed by atoms with Gasteiger partial charge in [-0.15, -0.1) is 11.3 Å². The fourth-order valence-corrected chi connectivity index (χ4v) is 3.90. The van der Waals surface area contributed by atoms with Crippen molar-refractivity contribution in [1.29, 1.82) is 0 Å². The average molecular weight is 388 g/mol. The highest BCUT2D eigenvalue weighted by Gasteiger charge is 2.28. The molecule has 0 aliphatic carbocycles. The van der Waals surface area contributed by atoms with Gasteiger partial charge in [0.25, 0.3) is 0 Å².